The van der Waals surface area contributed by atoms with Crippen molar-refractivity contribution in [2.75, 3.05) is 0 Å². The molecule has 0 aliphatic carbocycles. The first-order chi connectivity index (χ1) is 6.07. The molecule has 1 nitrogen and oxygen atoms in total. The number of halogens is 1. The maximum atomic E-state index is 6.16. The molecule has 0 atom stereocenters. The standard InChI is InChI=1S/C11H18ClN/c1-5-6-13-9(4)7-10(12)11(13)8(2)3/h7-8H,5-6H2,1-4H3. The maximum absolute atomic E-state index is 6.16. The van der Waals surface area contributed by atoms with Gasteiger partial charge in [-0.05, 0) is 25.3 Å². The maximum Gasteiger partial charge on any atom is 0.0620 e. The number of nitrogens with zero attached hydrogens (tertiary/aromatic N) is 1. The van der Waals surface area contributed by atoms with Crippen LogP contribution in [0.3, 0.4) is 0 Å². The summed E-state index contributed by atoms with van der Waals surface area (Å²) in [6.07, 6.45) is 1.16. The van der Waals surface area contributed by atoms with Crippen molar-refractivity contribution in [1.29, 1.82) is 0 Å². The van der Waals surface area contributed by atoms with E-state index in [2.05, 4.69) is 38.3 Å². The molecule has 0 aliphatic rings. The Bertz CT molecular complexity index is 287. The van der Waals surface area contributed by atoms with E-state index in [0.29, 0.717) is 5.92 Å². The molecular formula is C11H18ClN. The van der Waals surface area contributed by atoms with E-state index in [0.717, 1.165) is 18.0 Å². The smallest absolute Gasteiger partial charge is 0.0620 e. The van der Waals surface area contributed by atoms with Crippen molar-refractivity contribution in [3.05, 3.63) is 22.5 Å². The van der Waals surface area contributed by atoms with Gasteiger partial charge in [-0.2, -0.15) is 0 Å². The molecule has 0 saturated carbocycles. The quantitative estimate of drug-likeness (QED) is 0.694. The molecule has 0 aliphatic heterocycles. The van der Waals surface area contributed by atoms with Crippen molar-refractivity contribution in [2.45, 2.75) is 46.6 Å². The molecule has 0 fully saturated rings. The monoisotopic (exact) mass is 199 g/mol. The van der Waals surface area contributed by atoms with Gasteiger partial charge in [-0.1, -0.05) is 32.4 Å². The van der Waals surface area contributed by atoms with E-state index in [1.54, 1.807) is 0 Å². The summed E-state index contributed by atoms with van der Waals surface area (Å²) >= 11 is 6.16. The van der Waals surface area contributed by atoms with Gasteiger partial charge in [0, 0.05) is 17.9 Å². The van der Waals surface area contributed by atoms with Crippen LogP contribution in [0, 0.1) is 6.92 Å². The highest BCUT2D eigenvalue weighted by molar-refractivity contribution is 6.31. The van der Waals surface area contributed by atoms with E-state index in [1.165, 1.54) is 11.4 Å². The summed E-state index contributed by atoms with van der Waals surface area (Å²) < 4.78 is 2.33. The van der Waals surface area contributed by atoms with Crippen LogP contribution in [-0.2, 0) is 6.54 Å². The molecule has 0 radical (unpaired) electrons. The third-order valence-corrected chi connectivity index (χ3v) is 2.59. The van der Waals surface area contributed by atoms with Gasteiger partial charge < -0.3 is 4.57 Å². The van der Waals surface area contributed by atoms with Gasteiger partial charge in [0.2, 0.25) is 0 Å². The summed E-state index contributed by atoms with van der Waals surface area (Å²) in [4.78, 5) is 0. The van der Waals surface area contributed by atoms with Crippen LogP contribution in [0.1, 0.15) is 44.5 Å². The molecule has 1 aromatic rings. The summed E-state index contributed by atoms with van der Waals surface area (Å²) in [7, 11) is 0. The van der Waals surface area contributed by atoms with Gasteiger partial charge in [0.25, 0.3) is 0 Å². The van der Waals surface area contributed by atoms with Crippen molar-refractivity contribution in [3.8, 4) is 0 Å². The Morgan fingerprint density at radius 3 is 2.54 bits per heavy atom. The number of rotatable bonds is 3. The summed E-state index contributed by atoms with van der Waals surface area (Å²) in [5.41, 5.74) is 2.55. The topological polar surface area (TPSA) is 4.93 Å². The molecule has 0 saturated heterocycles. The molecule has 1 rings (SSSR count). The molecule has 74 valence electrons. The van der Waals surface area contributed by atoms with Crippen LogP contribution in [0.15, 0.2) is 6.07 Å². The SMILES string of the molecule is CCCn1c(C)cc(Cl)c1C(C)C. The Hall–Kier alpha value is -0.430. The van der Waals surface area contributed by atoms with Gasteiger partial charge in [-0.15, -0.1) is 0 Å². The lowest BCUT2D eigenvalue weighted by Crippen LogP contribution is -2.05. The van der Waals surface area contributed by atoms with Gasteiger partial charge >= 0.3 is 0 Å². The number of aryl methyl sites for hydroxylation is 1. The third-order valence-electron chi connectivity index (χ3n) is 2.29. The summed E-state index contributed by atoms with van der Waals surface area (Å²) in [5, 5.41) is 0.918. The van der Waals surface area contributed by atoms with Crippen molar-refractivity contribution >= 4 is 11.6 Å². The zero-order valence-electron chi connectivity index (χ0n) is 8.89. The molecule has 0 N–H and O–H groups in total. The first kappa shape index (κ1) is 10.6. The highest BCUT2D eigenvalue weighted by Crippen LogP contribution is 2.28. The fourth-order valence-electron chi connectivity index (χ4n) is 1.76. The molecule has 0 spiro atoms. The second-order valence-electron chi connectivity index (χ2n) is 3.83. The Balaban J connectivity index is 3.13. The first-order valence-corrected chi connectivity index (χ1v) is 5.31. The third kappa shape index (κ3) is 2.08. The minimum atomic E-state index is 0.507. The minimum absolute atomic E-state index is 0.507. The van der Waals surface area contributed by atoms with Crippen molar-refractivity contribution in [2.24, 2.45) is 0 Å². The molecule has 1 aromatic heterocycles. The highest BCUT2D eigenvalue weighted by atomic mass is 35.5. The van der Waals surface area contributed by atoms with Crippen LogP contribution in [-0.4, -0.2) is 4.57 Å². The predicted octanol–water partition coefficient (Wildman–Crippen LogP) is 3.98. The normalized spacial score (nSPS) is 11.2. The van der Waals surface area contributed by atoms with Crippen LogP contribution < -0.4 is 0 Å². The van der Waals surface area contributed by atoms with Crippen molar-refractivity contribution in [1.82, 2.24) is 4.57 Å². The number of hydrogen-bond acceptors (Lipinski definition) is 0. The number of aromatic nitrogens is 1. The Morgan fingerprint density at radius 1 is 1.46 bits per heavy atom. The molecule has 2 heteroatoms. The van der Waals surface area contributed by atoms with Crippen molar-refractivity contribution in [3.63, 3.8) is 0 Å². The van der Waals surface area contributed by atoms with E-state index >= 15 is 0 Å². The summed E-state index contributed by atoms with van der Waals surface area (Å²) in [6, 6.07) is 2.06. The lowest BCUT2D eigenvalue weighted by atomic mass is 10.1. The Kier molecular flexibility index (Phi) is 3.43. The first-order valence-electron chi connectivity index (χ1n) is 4.93. The lowest BCUT2D eigenvalue weighted by molar-refractivity contribution is 0.611. The van der Waals surface area contributed by atoms with Crippen LogP contribution >= 0.6 is 11.6 Å². The van der Waals surface area contributed by atoms with Gasteiger partial charge in [0.1, 0.15) is 0 Å². The molecular weight excluding hydrogens is 182 g/mol. The van der Waals surface area contributed by atoms with Crippen LogP contribution in [0.2, 0.25) is 5.02 Å². The van der Waals surface area contributed by atoms with E-state index < -0.39 is 0 Å². The fraction of sp³-hybridized carbons (Fsp3) is 0.636. The molecule has 0 aromatic carbocycles. The Labute approximate surface area is 85.7 Å². The largest absolute Gasteiger partial charge is 0.347 e. The average molecular weight is 200 g/mol. The summed E-state index contributed by atoms with van der Waals surface area (Å²) in [6.45, 7) is 9.76. The van der Waals surface area contributed by atoms with Gasteiger partial charge in [-0.3, -0.25) is 0 Å². The Morgan fingerprint density at radius 2 is 2.08 bits per heavy atom. The highest BCUT2D eigenvalue weighted by Gasteiger charge is 2.13. The molecule has 13 heavy (non-hydrogen) atoms. The average Bonchev–Trinajstić information content (AvgIpc) is 2.27. The van der Waals surface area contributed by atoms with Gasteiger partial charge in [0.05, 0.1) is 5.02 Å². The zero-order chi connectivity index (χ0) is 10.0. The lowest BCUT2D eigenvalue weighted by Gasteiger charge is -2.13. The van der Waals surface area contributed by atoms with Crippen LogP contribution in [0.25, 0.3) is 0 Å². The van der Waals surface area contributed by atoms with E-state index in [-0.39, 0.29) is 0 Å². The van der Waals surface area contributed by atoms with Crippen molar-refractivity contribution < 1.29 is 0 Å². The van der Waals surface area contributed by atoms with Crippen LogP contribution in [0.5, 0.6) is 0 Å². The van der Waals surface area contributed by atoms with Crippen LogP contribution in [0.4, 0.5) is 0 Å². The van der Waals surface area contributed by atoms with E-state index in [4.69, 9.17) is 11.6 Å². The fourth-order valence-corrected chi connectivity index (χ4v) is 2.24. The second-order valence-corrected chi connectivity index (χ2v) is 4.23. The summed E-state index contributed by atoms with van der Waals surface area (Å²) in [5.74, 6) is 0.507. The molecule has 1 heterocycles. The predicted molar refractivity (Wildman–Crippen MR) is 58.6 cm³/mol. The van der Waals surface area contributed by atoms with Gasteiger partial charge in [0.15, 0.2) is 0 Å². The van der Waals surface area contributed by atoms with Gasteiger partial charge in [-0.25, -0.2) is 0 Å². The zero-order valence-corrected chi connectivity index (χ0v) is 9.65. The van der Waals surface area contributed by atoms with E-state index in [9.17, 15) is 0 Å². The molecule has 0 unspecified atom stereocenters. The number of hydrogen-bond donors (Lipinski definition) is 0. The minimum Gasteiger partial charge on any atom is -0.347 e. The second kappa shape index (κ2) is 4.19. The van der Waals surface area contributed by atoms with E-state index in [1.807, 2.05) is 0 Å². The molecule has 0 amide bonds. The molecule has 0 bridgehead atoms.